The van der Waals surface area contributed by atoms with E-state index in [-0.39, 0.29) is 6.10 Å². The molecule has 1 saturated carbocycles. The first-order valence-electron chi connectivity index (χ1n) is 5.17. The second-order valence-corrected chi connectivity index (χ2v) is 4.05. The Bertz CT molecular complexity index is 289. The summed E-state index contributed by atoms with van der Waals surface area (Å²) in [5, 5.41) is 16.9. The number of nitrogens with one attached hydrogen (secondary N) is 1. The molecule has 2 rings (SSSR count). The summed E-state index contributed by atoms with van der Waals surface area (Å²) in [7, 11) is 1.91. The number of nitrogens with zero attached hydrogens (tertiary/aromatic N) is 2. The Labute approximate surface area is 83.9 Å². The predicted octanol–water partition coefficient (Wildman–Crippen LogP) is 1.14. The molecule has 0 radical (unpaired) electrons. The van der Waals surface area contributed by atoms with E-state index in [9.17, 15) is 5.11 Å². The minimum Gasteiger partial charge on any atom is -0.393 e. The van der Waals surface area contributed by atoms with Gasteiger partial charge in [0.2, 0.25) is 0 Å². The number of hydrogen-bond acceptors (Lipinski definition) is 3. The molecular formula is C10H17N3O. The SMILES string of the molecule is Cn1cc(NC2CCC(O)CC2)cn1. The summed E-state index contributed by atoms with van der Waals surface area (Å²) < 4.78 is 1.79. The predicted molar refractivity (Wildman–Crippen MR) is 55.1 cm³/mol. The van der Waals surface area contributed by atoms with Crippen molar-refractivity contribution in [2.24, 2.45) is 7.05 Å². The number of aliphatic hydroxyl groups excluding tert-OH is 1. The van der Waals surface area contributed by atoms with Crippen LogP contribution in [0.25, 0.3) is 0 Å². The van der Waals surface area contributed by atoms with Crippen molar-refractivity contribution in [2.75, 3.05) is 5.32 Å². The molecule has 0 bridgehead atoms. The molecule has 0 aromatic carbocycles. The molecule has 0 saturated heterocycles. The first-order valence-corrected chi connectivity index (χ1v) is 5.17. The minimum atomic E-state index is -0.0815. The quantitative estimate of drug-likeness (QED) is 0.744. The number of hydrogen-bond donors (Lipinski definition) is 2. The van der Waals surface area contributed by atoms with E-state index in [0.29, 0.717) is 6.04 Å². The molecule has 1 aromatic rings. The van der Waals surface area contributed by atoms with Crippen LogP contribution < -0.4 is 5.32 Å². The van der Waals surface area contributed by atoms with Gasteiger partial charge in [-0.25, -0.2) is 0 Å². The molecule has 1 heterocycles. The Hall–Kier alpha value is -1.03. The van der Waals surface area contributed by atoms with Gasteiger partial charge in [0.15, 0.2) is 0 Å². The summed E-state index contributed by atoms with van der Waals surface area (Å²) in [5.41, 5.74) is 1.08. The van der Waals surface area contributed by atoms with E-state index in [0.717, 1.165) is 31.4 Å². The number of aromatic nitrogens is 2. The van der Waals surface area contributed by atoms with Crippen LogP contribution >= 0.6 is 0 Å². The summed E-state index contributed by atoms with van der Waals surface area (Å²) in [6, 6.07) is 0.502. The van der Waals surface area contributed by atoms with E-state index in [2.05, 4.69) is 10.4 Å². The second kappa shape index (κ2) is 4.00. The van der Waals surface area contributed by atoms with Crippen LogP contribution in [0.15, 0.2) is 12.4 Å². The van der Waals surface area contributed by atoms with Crippen molar-refractivity contribution < 1.29 is 5.11 Å². The maximum atomic E-state index is 9.35. The van der Waals surface area contributed by atoms with Crippen molar-refractivity contribution >= 4 is 5.69 Å². The van der Waals surface area contributed by atoms with E-state index in [1.165, 1.54) is 0 Å². The van der Waals surface area contributed by atoms with Crippen LogP contribution in [0.4, 0.5) is 5.69 Å². The standard InChI is InChI=1S/C10H17N3O/c1-13-7-9(6-11-13)12-8-2-4-10(14)5-3-8/h6-8,10,12,14H,2-5H2,1H3. The molecule has 2 N–H and O–H groups in total. The highest BCUT2D eigenvalue weighted by molar-refractivity contribution is 5.39. The highest BCUT2D eigenvalue weighted by Crippen LogP contribution is 2.21. The van der Waals surface area contributed by atoms with Crippen LogP contribution in [-0.2, 0) is 7.05 Å². The fraction of sp³-hybridized carbons (Fsp3) is 0.700. The topological polar surface area (TPSA) is 50.1 Å². The molecule has 0 spiro atoms. The van der Waals surface area contributed by atoms with E-state index < -0.39 is 0 Å². The monoisotopic (exact) mass is 195 g/mol. The van der Waals surface area contributed by atoms with Gasteiger partial charge in [-0.1, -0.05) is 0 Å². The van der Waals surface area contributed by atoms with E-state index >= 15 is 0 Å². The van der Waals surface area contributed by atoms with Crippen molar-refractivity contribution in [3.8, 4) is 0 Å². The van der Waals surface area contributed by atoms with Crippen LogP contribution in [0.1, 0.15) is 25.7 Å². The van der Waals surface area contributed by atoms with Crippen molar-refractivity contribution in [2.45, 2.75) is 37.8 Å². The Balaban J connectivity index is 1.86. The lowest BCUT2D eigenvalue weighted by Crippen LogP contribution is -2.27. The van der Waals surface area contributed by atoms with Crippen LogP contribution in [0.2, 0.25) is 0 Å². The molecule has 78 valence electrons. The van der Waals surface area contributed by atoms with Gasteiger partial charge in [0.1, 0.15) is 0 Å². The average molecular weight is 195 g/mol. The number of rotatable bonds is 2. The summed E-state index contributed by atoms with van der Waals surface area (Å²) in [6.07, 6.45) is 7.67. The zero-order chi connectivity index (χ0) is 9.97. The van der Waals surface area contributed by atoms with E-state index in [1.807, 2.05) is 19.4 Å². The first-order chi connectivity index (χ1) is 6.74. The van der Waals surface area contributed by atoms with E-state index in [4.69, 9.17) is 0 Å². The van der Waals surface area contributed by atoms with Crippen molar-refractivity contribution in [3.05, 3.63) is 12.4 Å². The summed E-state index contributed by atoms with van der Waals surface area (Å²) >= 11 is 0. The zero-order valence-corrected chi connectivity index (χ0v) is 8.48. The van der Waals surface area contributed by atoms with Gasteiger partial charge in [0.05, 0.1) is 18.0 Å². The van der Waals surface area contributed by atoms with Crippen LogP contribution in [0, 0.1) is 0 Å². The molecule has 0 atom stereocenters. The number of aryl methyl sites for hydroxylation is 1. The first kappa shape index (κ1) is 9.52. The smallest absolute Gasteiger partial charge is 0.0728 e. The van der Waals surface area contributed by atoms with Crippen molar-refractivity contribution in [1.29, 1.82) is 0 Å². The second-order valence-electron chi connectivity index (χ2n) is 4.05. The fourth-order valence-corrected chi connectivity index (χ4v) is 1.95. The molecule has 0 aliphatic heterocycles. The molecule has 1 aromatic heterocycles. The lowest BCUT2D eigenvalue weighted by Gasteiger charge is -2.26. The zero-order valence-electron chi connectivity index (χ0n) is 8.48. The maximum absolute atomic E-state index is 9.35. The Morgan fingerprint density at radius 1 is 1.43 bits per heavy atom. The summed E-state index contributed by atoms with van der Waals surface area (Å²) in [5.74, 6) is 0. The number of aliphatic hydroxyl groups is 1. The van der Waals surface area contributed by atoms with Gasteiger partial charge in [0, 0.05) is 19.3 Å². The van der Waals surface area contributed by atoms with Crippen LogP contribution in [0.5, 0.6) is 0 Å². The van der Waals surface area contributed by atoms with Crippen LogP contribution in [0.3, 0.4) is 0 Å². The number of anilines is 1. The van der Waals surface area contributed by atoms with Crippen LogP contribution in [-0.4, -0.2) is 27.0 Å². The largest absolute Gasteiger partial charge is 0.393 e. The molecule has 1 aliphatic rings. The lowest BCUT2D eigenvalue weighted by atomic mass is 9.93. The molecular weight excluding hydrogens is 178 g/mol. The molecule has 1 aliphatic carbocycles. The highest BCUT2D eigenvalue weighted by atomic mass is 16.3. The summed E-state index contributed by atoms with van der Waals surface area (Å²) in [6.45, 7) is 0. The minimum absolute atomic E-state index is 0.0815. The third-order valence-electron chi connectivity index (χ3n) is 2.77. The van der Waals surface area contributed by atoms with Gasteiger partial charge >= 0.3 is 0 Å². The Morgan fingerprint density at radius 2 is 2.14 bits per heavy atom. The molecule has 0 amide bonds. The molecule has 4 nitrogen and oxygen atoms in total. The van der Waals surface area contributed by atoms with Gasteiger partial charge in [-0.3, -0.25) is 4.68 Å². The normalized spacial score (nSPS) is 27.6. The van der Waals surface area contributed by atoms with Gasteiger partial charge in [-0.05, 0) is 25.7 Å². The van der Waals surface area contributed by atoms with Crippen molar-refractivity contribution in [3.63, 3.8) is 0 Å². The molecule has 0 unspecified atom stereocenters. The third-order valence-corrected chi connectivity index (χ3v) is 2.77. The molecule has 4 heteroatoms. The van der Waals surface area contributed by atoms with Crippen molar-refractivity contribution in [1.82, 2.24) is 9.78 Å². The van der Waals surface area contributed by atoms with E-state index in [1.54, 1.807) is 4.68 Å². The average Bonchev–Trinajstić information content (AvgIpc) is 2.56. The highest BCUT2D eigenvalue weighted by Gasteiger charge is 2.19. The van der Waals surface area contributed by atoms with Gasteiger partial charge in [-0.2, -0.15) is 5.10 Å². The van der Waals surface area contributed by atoms with Gasteiger partial charge < -0.3 is 10.4 Å². The summed E-state index contributed by atoms with van der Waals surface area (Å²) in [4.78, 5) is 0. The third kappa shape index (κ3) is 2.26. The molecule has 14 heavy (non-hydrogen) atoms. The Kier molecular flexibility index (Phi) is 2.72. The fourth-order valence-electron chi connectivity index (χ4n) is 1.95. The maximum Gasteiger partial charge on any atom is 0.0728 e. The molecule has 1 fully saturated rings. The lowest BCUT2D eigenvalue weighted by molar-refractivity contribution is 0.126. The Morgan fingerprint density at radius 3 is 2.71 bits per heavy atom. The van der Waals surface area contributed by atoms with Gasteiger partial charge in [0.25, 0.3) is 0 Å². The van der Waals surface area contributed by atoms with Gasteiger partial charge in [-0.15, -0.1) is 0 Å².